The van der Waals surface area contributed by atoms with Gasteiger partial charge in [-0.1, -0.05) is 19.0 Å². The number of rotatable bonds is 6. The number of nitrogens with one attached hydrogen (secondary N) is 2. The Kier molecular flexibility index (Phi) is 6.07. The van der Waals surface area contributed by atoms with Crippen LogP contribution < -0.4 is 10.1 Å². The van der Waals surface area contributed by atoms with Crippen LogP contribution in [0.2, 0.25) is 0 Å². The first kappa shape index (κ1) is 25.6. The number of nitrogens with zero attached hydrogens (tertiary/aromatic N) is 5. The Morgan fingerprint density at radius 3 is 2.39 bits per heavy atom. The molecule has 5 aromatic rings. The number of halogens is 3. The van der Waals surface area contributed by atoms with Crippen LogP contribution >= 0.6 is 0 Å². The van der Waals surface area contributed by atoms with E-state index in [1.807, 2.05) is 39.8 Å². The molecule has 0 saturated heterocycles. The second kappa shape index (κ2) is 9.03. The summed E-state index contributed by atoms with van der Waals surface area (Å²) in [5, 5.41) is 12.3. The molecule has 2 N–H and O–H groups in total. The van der Waals surface area contributed by atoms with Gasteiger partial charge in [0.2, 0.25) is 0 Å². The molecule has 0 fully saturated rings. The summed E-state index contributed by atoms with van der Waals surface area (Å²) in [6.07, 6.45) is -4.58. The number of aryl methyl sites for hydroxylation is 2. The van der Waals surface area contributed by atoms with E-state index in [4.69, 9.17) is 19.2 Å². The van der Waals surface area contributed by atoms with Gasteiger partial charge in [-0.2, -0.15) is 18.3 Å². The van der Waals surface area contributed by atoms with Gasteiger partial charge in [0.25, 0.3) is 0 Å². The van der Waals surface area contributed by atoms with Crippen LogP contribution in [0.25, 0.3) is 33.1 Å². The van der Waals surface area contributed by atoms with Gasteiger partial charge in [-0.05, 0) is 39.8 Å². The summed E-state index contributed by atoms with van der Waals surface area (Å²) in [4.78, 5) is 12.8. The third-order valence-electron chi connectivity index (χ3n) is 6.37. The van der Waals surface area contributed by atoms with Crippen LogP contribution in [-0.2, 0) is 6.18 Å². The molecular formula is C26H28F3N7O2. The fourth-order valence-electron chi connectivity index (χ4n) is 4.56. The number of aromatic amines is 1. The number of benzene rings is 1. The molecule has 38 heavy (non-hydrogen) atoms. The summed E-state index contributed by atoms with van der Waals surface area (Å²) in [5.41, 5.74) is 2.67. The second-order valence-electron chi connectivity index (χ2n) is 9.81. The van der Waals surface area contributed by atoms with Gasteiger partial charge in [-0.15, -0.1) is 0 Å². The molecule has 0 aliphatic carbocycles. The minimum atomic E-state index is -4.58. The molecule has 0 aliphatic rings. The Balaban J connectivity index is 1.76. The van der Waals surface area contributed by atoms with E-state index in [0.717, 1.165) is 33.8 Å². The largest absolute Gasteiger partial charge is 0.496 e. The lowest BCUT2D eigenvalue weighted by Gasteiger charge is -2.14. The molecular weight excluding hydrogens is 499 g/mol. The quantitative estimate of drug-likeness (QED) is 0.244. The van der Waals surface area contributed by atoms with Crippen molar-refractivity contribution in [1.29, 1.82) is 0 Å². The van der Waals surface area contributed by atoms with Gasteiger partial charge >= 0.3 is 6.18 Å². The van der Waals surface area contributed by atoms with Crippen LogP contribution in [0.4, 0.5) is 24.8 Å². The highest BCUT2D eigenvalue weighted by atomic mass is 19.4. The molecule has 0 radical (unpaired) electrons. The maximum absolute atomic E-state index is 13.5. The third kappa shape index (κ3) is 4.23. The molecule has 1 aromatic carbocycles. The minimum absolute atomic E-state index is 0.0282. The lowest BCUT2D eigenvalue weighted by atomic mass is 10.0. The molecule has 0 amide bonds. The first-order chi connectivity index (χ1) is 17.9. The van der Waals surface area contributed by atoms with Crippen molar-refractivity contribution < 1.29 is 22.4 Å². The van der Waals surface area contributed by atoms with Gasteiger partial charge < -0.3 is 19.6 Å². The van der Waals surface area contributed by atoms with Crippen molar-refractivity contribution in [1.82, 2.24) is 29.9 Å². The molecule has 0 bridgehead atoms. The van der Waals surface area contributed by atoms with Crippen LogP contribution in [0.3, 0.4) is 0 Å². The molecule has 4 heterocycles. The maximum atomic E-state index is 13.5. The summed E-state index contributed by atoms with van der Waals surface area (Å²) in [5.74, 6) is 2.29. The van der Waals surface area contributed by atoms with E-state index >= 15 is 0 Å². The summed E-state index contributed by atoms with van der Waals surface area (Å²) < 4.78 is 52.9. The Labute approximate surface area is 216 Å². The van der Waals surface area contributed by atoms with Gasteiger partial charge in [0.15, 0.2) is 5.69 Å². The maximum Gasteiger partial charge on any atom is 0.435 e. The summed E-state index contributed by atoms with van der Waals surface area (Å²) >= 11 is 0. The number of methoxy groups -OCH3 is 1. The van der Waals surface area contributed by atoms with Gasteiger partial charge in [-0.3, -0.25) is 0 Å². The molecule has 5 rings (SSSR count). The Morgan fingerprint density at radius 2 is 1.82 bits per heavy atom. The standard InChI is InChI=1S/C26H28F3N7O2/c1-11(2)23-32-24-22(25(33-23)31-20-10-19(26(27,28)29)34-36(20)12(3)4)15-9-18(37-7)16(8-17(15)30-24)21-13(5)35-38-14(21)6/h8-12H,1-7H3,(H2,30,31,32,33). The van der Waals surface area contributed by atoms with Crippen molar-refractivity contribution in [3.63, 3.8) is 0 Å². The highest BCUT2D eigenvalue weighted by Crippen LogP contribution is 2.41. The Morgan fingerprint density at radius 1 is 1.08 bits per heavy atom. The lowest BCUT2D eigenvalue weighted by Crippen LogP contribution is -2.11. The van der Waals surface area contributed by atoms with Crippen molar-refractivity contribution in [3.8, 4) is 16.9 Å². The van der Waals surface area contributed by atoms with Crippen molar-refractivity contribution in [2.24, 2.45) is 0 Å². The molecule has 0 atom stereocenters. The normalized spacial score (nSPS) is 12.4. The Hall–Kier alpha value is -4.09. The molecule has 0 unspecified atom stereocenters. The van der Waals surface area contributed by atoms with Gasteiger partial charge in [0.1, 0.15) is 34.6 Å². The molecule has 9 nitrogen and oxygen atoms in total. The zero-order chi connectivity index (χ0) is 27.5. The average molecular weight is 528 g/mol. The van der Waals surface area contributed by atoms with Crippen LogP contribution in [0.15, 0.2) is 22.7 Å². The number of H-pyrrole nitrogens is 1. The number of aromatic nitrogens is 6. The second-order valence-corrected chi connectivity index (χ2v) is 9.81. The summed E-state index contributed by atoms with van der Waals surface area (Å²) in [6, 6.07) is 4.46. The SMILES string of the molecule is COc1cc2c(cc1-c1c(C)noc1C)[nH]c1nc(C(C)C)nc(Nc3cc(C(F)(F)F)nn3C(C)C)c12. The fraction of sp³-hybridized carbons (Fsp3) is 0.385. The highest BCUT2D eigenvalue weighted by Gasteiger charge is 2.35. The molecule has 200 valence electrons. The van der Waals surface area contributed by atoms with Crippen molar-refractivity contribution >= 4 is 33.6 Å². The number of ether oxygens (including phenoxy) is 1. The minimum Gasteiger partial charge on any atom is -0.496 e. The topological polar surface area (TPSA) is 107 Å². The predicted molar refractivity (Wildman–Crippen MR) is 138 cm³/mol. The van der Waals surface area contributed by atoms with Gasteiger partial charge in [0, 0.05) is 34.5 Å². The zero-order valence-electron chi connectivity index (χ0n) is 22.1. The third-order valence-corrected chi connectivity index (χ3v) is 6.37. The summed E-state index contributed by atoms with van der Waals surface area (Å²) in [6.45, 7) is 11.1. The van der Waals surface area contributed by atoms with Crippen molar-refractivity contribution in [2.45, 2.75) is 59.7 Å². The van der Waals surface area contributed by atoms with E-state index in [0.29, 0.717) is 34.2 Å². The first-order valence-corrected chi connectivity index (χ1v) is 12.2. The number of alkyl halides is 3. The number of hydrogen-bond donors (Lipinski definition) is 2. The number of fused-ring (bicyclic) bond motifs is 3. The van der Waals surface area contributed by atoms with E-state index in [-0.39, 0.29) is 17.8 Å². The van der Waals surface area contributed by atoms with Crippen molar-refractivity contribution in [2.75, 3.05) is 12.4 Å². The lowest BCUT2D eigenvalue weighted by molar-refractivity contribution is -0.141. The highest BCUT2D eigenvalue weighted by molar-refractivity contribution is 6.13. The van der Waals surface area contributed by atoms with Crippen LogP contribution in [-0.4, -0.2) is 37.0 Å². The van der Waals surface area contributed by atoms with Crippen LogP contribution in [0, 0.1) is 13.8 Å². The number of hydrogen-bond acceptors (Lipinski definition) is 7. The average Bonchev–Trinajstić information content (AvgIpc) is 3.52. The van der Waals surface area contributed by atoms with Crippen LogP contribution in [0.5, 0.6) is 5.75 Å². The van der Waals surface area contributed by atoms with Gasteiger partial charge in [0.05, 0.1) is 23.8 Å². The van der Waals surface area contributed by atoms with E-state index in [1.54, 1.807) is 21.0 Å². The predicted octanol–water partition coefficient (Wildman–Crippen LogP) is 7.05. The van der Waals surface area contributed by atoms with E-state index in [1.165, 1.54) is 4.68 Å². The number of anilines is 2. The van der Waals surface area contributed by atoms with E-state index in [9.17, 15) is 13.2 Å². The smallest absolute Gasteiger partial charge is 0.435 e. The van der Waals surface area contributed by atoms with E-state index < -0.39 is 11.9 Å². The summed E-state index contributed by atoms with van der Waals surface area (Å²) in [7, 11) is 1.57. The monoisotopic (exact) mass is 527 g/mol. The molecule has 12 heteroatoms. The molecule has 0 spiro atoms. The molecule has 0 aliphatic heterocycles. The molecule has 4 aromatic heterocycles. The van der Waals surface area contributed by atoms with Crippen LogP contribution in [0.1, 0.15) is 62.6 Å². The van der Waals surface area contributed by atoms with E-state index in [2.05, 4.69) is 20.6 Å². The Bertz CT molecular complexity index is 1640. The zero-order valence-corrected chi connectivity index (χ0v) is 22.1. The molecule has 0 saturated carbocycles. The van der Waals surface area contributed by atoms with Crippen molar-refractivity contribution in [3.05, 3.63) is 41.2 Å². The first-order valence-electron chi connectivity index (χ1n) is 12.2. The van der Waals surface area contributed by atoms with Gasteiger partial charge in [-0.25, -0.2) is 14.6 Å². The fourth-order valence-corrected chi connectivity index (χ4v) is 4.56.